The number of nitrogens with one attached hydrogen (secondary N) is 1. The van der Waals surface area contributed by atoms with Crippen molar-refractivity contribution in [3.63, 3.8) is 0 Å². The van der Waals surface area contributed by atoms with Crippen LogP contribution in [0.2, 0.25) is 0 Å². The maximum absolute atomic E-state index is 10.4. The number of hydrogen-bond acceptors (Lipinski definition) is 3. The monoisotopic (exact) mass is 258 g/mol. The van der Waals surface area contributed by atoms with Gasteiger partial charge in [0.05, 0.1) is 11.4 Å². The summed E-state index contributed by atoms with van der Waals surface area (Å²) in [5, 5.41) is 2.39. The van der Waals surface area contributed by atoms with E-state index in [1.165, 1.54) is 5.56 Å². The number of nitrogen functional groups attached to an aromatic ring is 1. The molecule has 5 nitrogen and oxygen atoms in total. The van der Waals surface area contributed by atoms with Crippen molar-refractivity contribution in [2.75, 3.05) is 11.1 Å². The molecule has 0 unspecified atom stereocenters. The summed E-state index contributed by atoms with van der Waals surface area (Å²) in [5.41, 5.74) is 18.0. The topological polar surface area (TPSA) is 107 Å². The number of nitrogens with two attached hydrogens (primary N) is 3. The van der Waals surface area contributed by atoms with Gasteiger partial charge in [-0.2, -0.15) is 0 Å². The second kappa shape index (κ2) is 7.73. The molecular weight excluding hydrogens is 240 g/mol. The van der Waals surface area contributed by atoms with Gasteiger partial charge in [0.25, 0.3) is 0 Å². The van der Waals surface area contributed by atoms with Gasteiger partial charge in [0.15, 0.2) is 0 Å². The third kappa shape index (κ3) is 5.56. The molecule has 2 amide bonds. The van der Waals surface area contributed by atoms with Crippen LogP contribution in [0.5, 0.6) is 0 Å². The summed E-state index contributed by atoms with van der Waals surface area (Å²) in [5.74, 6) is 0. The molecule has 7 N–H and O–H groups in total. The third-order valence-corrected chi connectivity index (χ3v) is 2.30. The zero-order valence-electron chi connectivity index (χ0n) is 10.5. The molecule has 0 aliphatic heterocycles. The average molecular weight is 258 g/mol. The Kier molecular flexibility index (Phi) is 5.91. The van der Waals surface area contributed by atoms with E-state index in [0.717, 1.165) is 0 Å². The average Bonchev–Trinajstić information content (AvgIpc) is 2.43. The molecule has 100 valence electrons. The van der Waals surface area contributed by atoms with Gasteiger partial charge in [0.1, 0.15) is 0 Å². The fourth-order valence-electron chi connectivity index (χ4n) is 1.36. The Morgan fingerprint density at radius 1 is 1.00 bits per heavy atom. The van der Waals surface area contributed by atoms with Crippen LogP contribution >= 0.6 is 0 Å². The standard InChI is InChI=1S/C7H9N3O.C7H9N/c8-5-3-1-2-4-6(5)10-7(9)11;8-6-7-4-2-1-3-5-7/h1-4H,8H2,(H3,9,10,11);1-5H,6,8H2. The molecule has 0 aromatic heterocycles. The summed E-state index contributed by atoms with van der Waals surface area (Å²) in [6.07, 6.45) is 0. The highest BCUT2D eigenvalue weighted by Crippen LogP contribution is 2.15. The minimum Gasteiger partial charge on any atom is -0.397 e. The predicted molar refractivity (Wildman–Crippen MR) is 78.4 cm³/mol. The molecule has 2 aromatic carbocycles. The summed E-state index contributed by atoms with van der Waals surface area (Å²) in [4.78, 5) is 10.4. The maximum atomic E-state index is 10.4. The van der Waals surface area contributed by atoms with Gasteiger partial charge in [0, 0.05) is 6.54 Å². The smallest absolute Gasteiger partial charge is 0.316 e. The molecule has 0 aliphatic carbocycles. The Morgan fingerprint density at radius 3 is 2.05 bits per heavy atom. The highest BCUT2D eigenvalue weighted by molar-refractivity contribution is 5.91. The molecule has 0 saturated heterocycles. The number of rotatable bonds is 2. The number of primary amides is 1. The summed E-state index contributed by atoms with van der Waals surface area (Å²) >= 11 is 0. The van der Waals surface area contributed by atoms with Crippen LogP contribution in [0.25, 0.3) is 0 Å². The number of amides is 2. The van der Waals surface area contributed by atoms with Crippen LogP contribution < -0.4 is 22.5 Å². The number of carbonyl (C=O) groups excluding carboxylic acids is 1. The van der Waals surface area contributed by atoms with E-state index in [0.29, 0.717) is 17.9 Å². The van der Waals surface area contributed by atoms with Gasteiger partial charge in [-0.05, 0) is 17.7 Å². The SMILES string of the molecule is NC(=O)Nc1ccccc1N.NCc1ccccc1. The molecule has 19 heavy (non-hydrogen) atoms. The second-order valence-electron chi connectivity index (χ2n) is 3.77. The maximum Gasteiger partial charge on any atom is 0.316 e. The molecule has 0 saturated carbocycles. The van der Waals surface area contributed by atoms with Gasteiger partial charge in [0.2, 0.25) is 0 Å². The van der Waals surface area contributed by atoms with Crippen LogP contribution in [-0.4, -0.2) is 6.03 Å². The largest absolute Gasteiger partial charge is 0.397 e. The molecule has 0 heterocycles. The van der Waals surface area contributed by atoms with E-state index in [9.17, 15) is 4.79 Å². The Labute approximate surface area is 112 Å². The lowest BCUT2D eigenvalue weighted by molar-refractivity contribution is 0.259. The van der Waals surface area contributed by atoms with E-state index in [1.807, 2.05) is 30.3 Å². The van der Waals surface area contributed by atoms with E-state index >= 15 is 0 Å². The van der Waals surface area contributed by atoms with Crippen LogP contribution in [-0.2, 0) is 6.54 Å². The van der Waals surface area contributed by atoms with Gasteiger partial charge in [-0.1, -0.05) is 42.5 Å². The fourth-order valence-corrected chi connectivity index (χ4v) is 1.36. The van der Waals surface area contributed by atoms with Crippen molar-refractivity contribution in [2.24, 2.45) is 11.5 Å². The highest BCUT2D eigenvalue weighted by atomic mass is 16.2. The van der Waals surface area contributed by atoms with Gasteiger partial charge >= 0.3 is 6.03 Å². The van der Waals surface area contributed by atoms with Crippen molar-refractivity contribution < 1.29 is 4.79 Å². The first-order chi connectivity index (χ1) is 9.13. The number of hydrogen-bond donors (Lipinski definition) is 4. The molecule has 0 aliphatic rings. The lowest BCUT2D eigenvalue weighted by Crippen LogP contribution is -2.19. The number of benzene rings is 2. The molecule has 0 bridgehead atoms. The van der Waals surface area contributed by atoms with Crippen molar-refractivity contribution in [1.82, 2.24) is 0 Å². The summed E-state index contributed by atoms with van der Waals surface area (Å²) in [6.45, 7) is 0.640. The number of urea groups is 1. The number of anilines is 2. The van der Waals surface area contributed by atoms with Gasteiger partial charge < -0.3 is 22.5 Å². The summed E-state index contributed by atoms with van der Waals surface area (Å²) < 4.78 is 0. The minimum atomic E-state index is -0.608. The molecule has 2 aromatic rings. The van der Waals surface area contributed by atoms with Gasteiger partial charge in [-0.25, -0.2) is 4.79 Å². The van der Waals surface area contributed by atoms with Gasteiger partial charge in [-0.3, -0.25) is 0 Å². The van der Waals surface area contributed by atoms with E-state index in [1.54, 1.807) is 24.3 Å². The predicted octanol–water partition coefficient (Wildman–Crippen LogP) is 1.90. The molecular formula is C14H18N4O. The van der Waals surface area contributed by atoms with E-state index in [-0.39, 0.29) is 0 Å². The molecule has 0 radical (unpaired) electrons. The lowest BCUT2D eigenvalue weighted by Gasteiger charge is -2.03. The van der Waals surface area contributed by atoms with Crippen molar-refractivity contribution in [3.8, 4) is 0 Å². The summed E-state index contributed by atoms with van der Waals surface area (Å²) in [6, 6.07) is 16.3. The Hall–Kier alpha value is -2.53. The van der Waals surface area contributed by atoms with Crippen LogP contribution in [0, 0.1) is 0 Å². The first-order valence-electron chi connectivity index (χ1n) is 5.78. The van der Waals surface area contributed by atoms with Crippen LogP contribution in [0.3, 0.4) is 0 Å². The third-order valence-electron chi connectivity index (χ3n) is 2.30. The van der Waals surface area contributed by atoms with Crippen molar-refractivity contribution in [2.45, 2.75) is 6.54 Å². The number of para-hydroxylation sites is 2. The minimum absolute atomic E-state index is 0.506. The van der Waals surface area contributed by atoms with Crippen LogP contribution in [0.15, 0.2) is 54.6 Å². The van der Waals surface area contributed by atoms with E-state index in [4.69, 9.17) is 17.2 Å². The zero-order chi connectivity index (χ0) is 14.1. The van der Waals surface area contributed by atoms with Crippen molar-refractivity contribution >= 4 is 17.4 Å². The van der Waals surface area contributed by atoms with E-state index in [2.05, 4.69) is 5.32 Å². The summed E-state index contributed by atoms with van der Waals surface area (Å²) in [7, 11) is 0. The molecule has 2 rings (SSSR count). The zero-order valence-corrected chi connectivity index (χ0v) is 10.5. The number of carbonyl (C=O) groups is 1. The lowest BCUT2D eigenvalue weighted by atomic mass is 10.2. The second-order valence-corrected chi connectivity index (χ2v) is 3.77. The Morgan fingerprint density at radius 2 is 1.58 bits per heavy atom. The van der Waals surface area contributed by atoms with Crippen molar-refractivity contribution in [1.29, 1.82) is 0 Å². The van der Waals surface area contributed by atoms with Crippen LogP contribution in [0.4, 0.5) is 16.2 Å². The molecule has 0 atom stereocenters. The highest BCUT2D eigenvalue weighted by Gasteiger charge is 1.97. The molecule has 0 spiro atoms. The Balaban J connectivity index is 0.000000200. The Bertz CT molecular complexity index is 514. The first kappa shape index (κ1) is 14.5. The quantitative estimate of drug-likeness (QED) is 0.618. The van der Waals surface area contributed by atoms with Gasteiger partial charge in [-0.15, -0.1) is 0 Å². The van der Waals surface area contributed by atoms with E-state index < -0.39 is 6.03 Å². The van der Waals surface area contributed by atoms with Crippen molar-refractivity contribution in [3.05, 3.63) is 60.2 Å². The normalized spacial score (nSPS) is 9.11. The molecule has 5 heteroatoms. The first-order valence-corrected chi connectivity index (χ1v) is 5.78. The molecule has 0 fully saturated rings. The fraction of sp³-hybridized carbons (Fsp3) is 0.0714. The van der Waals surface area contributed by atoms with Crippen LogP contribution in [0.1, 0.15) is 5.56 Å².